The fourth-order valence-corrected chi connectivity index (χ4v) is 2.55. The first-order valence-electron chi connectivity index (χ1n) is 7.28. The van der Waals surface area contributed by atoms with E-state index in [9.17, 15) is 9.18 Å². The highest BCUT2D eigenvalue weighted by Gasteiger charge is 2.22. The third kappa shape index (κ3) is 3.21. The highest BCUT2D eigenvalue weighted by Crippen LogP contribution is 2.20. The SMILES string of the molecule is O=C(NCc1ccco1)N1CCN(c2ccccc2F)CC1. The number of urea groups is 1. The number of amides is 2. The van der Waals surface area contributed by atoms with E-state index in [1.165, 1.54) is 6.07 Å². The van der Waals surface area contributed by atoms with Gasteiger partial charge in [0, 0.05) is 26.2 Å². The van der Waals surface area contributed by atoms with Crippen LogP contribution in [0.1, 0.15) is 5.76 Å². The number of hydrogen-bond acceptors (Lipinski definition) is 3. The summed E-state index contributed by atoms with van der Waals surface area (Å²) in [5.41, 5.74) is 0.596. The fraction of sp³-hybridized carbons (Fsp3) is 0.312. The van der Waals surface area contributed by atoms with Gasteiger partial charge in [-0.3, -0.25) is 0 Å². The van der Waals surface area contributed by atoms with Crippen molar-refractivity contribution < 1.29 is 13.6 Å². The second kappa shape index (κ2) is 6.51. The van der Waals surface area contributed by atoms with Gasteiger partial charge in [0.2, 0.25) is 0 Å². The van der Waals surface area contributed by atoms with Gasteiger partial charge in [0.15, 0.2) is 0 Å². The van der Waals surface area contributed by atoms with Crippen LogP contribution in [0.3, 0.4) is 0 Å². The highest BCUT2D eigenvalue weighted by atomic mass is 19.1. The quantitative estimate of drug-likeness (QED) is 0.947. The summed E-state index contributed by atoms with van der Waals surface area (Å²) in [6.45, 7) is 2.75. The molecule has 2 amide bonds. The maximum atomic E-state index is 13.8. The Bertz CT molecular complexity index is 622. The Kier molecular flexibility index (Phi) is 4.27. The van der Waals surface area contributed by atoms with Gasteiger partial charge in [0.25, 0.3) is 0 Å². The van der Waals surface area contributed by atoms with Crippen LogP contribution in [0.15, 0.2) is 47.1 Å². The van der Waals surface area contributed by atoms with Crippen LogP contribution < -0.4 is 10.2 Å². The van der Waals surface area contributed by atoms with Gasteiger partial charge in [0.05, 0.1) is 18.5 Å². The van der Waals surface area contributed by atoms with Crippen LogP contribution in [0.2, 0.25) is 0 Å². The summed E-state index contributed by atoms with van der Waals surface area (Å²) >= 11 is 0. The van der Waals surface area contributed by atoms with Crippen molar-refractivity contribution in [2.24, 2.45) is 0 Å². The number of nitrogens with one attached hydrogen (secondary N) is 1. The Hall–Kier alpha value is -2.50. The van der Waals surface area contributed by atoms with E-state index in [-0.39, 0.29) is 11.8 Å². The molecule has 1 aromatic carbocycles. The molecule has 2 aromatic rings. The minimum Gasteiger partial charge on any atom is -0.467 e. The molecular formula is C16H18FN3O2. The number of halogens is 1. The molecule has 0 aliphatic carbocycles. The zero-order valence-electron chi connectivity index (χ0n) is 12.2. The smallest absolute Gasteiger partial charge is 0.317 e. The molecule has 1 aliphatic heterocycles. The van der Waals surface area contributed by atoms with Gasteiger partial charge < -0.3 is 19.5 Å². The summed E-state index contributed by atoms with van der Waals surface area (Å²) in [4.78, 5) is 15.8. The molecule has 0 atom stereocenters. The third-order valence-corrected chi connectivity index (χ3v) is 3.75. The molecule has 1 saturated heterocycles. The van der Waals surface area contributed by atoms with E-state index in [0.29, 0.717) is 38.4 Å². The van der Waals surface area contributed by atoms with E-state index in [1.54, 1.807) is 29.4 Å². The second-order valence-corrected chi connectivity index (χ2v) is 5.16. The van der Waals surface area contributed by atoms with Crippen LogP contribution in [0.25, 0.3) is 0 Å². The summed E-state index contributed by atoms with van der Waals surface area (Å²) in [6, 6.07) is 10.2. The van der Waals surface area contributed by atoms with E-state index < -0.39 is 0 Å². The van der Waals surface area contributed by atoms with E-state index in [0.717, 1.165) is 5.76 Å². The molecule has 1 fully saturated rings. The molecule has 3 rings (SSSR count). The number of rotatable bonds is 3. The average molecular weight is 303 g/mol. The number of anilines is 1. The van der Waals surface area contributed by atoms with Crippen LogP contribution in [-0.2, 0) is 6.54 Å². The number of furan rings is 1. The molecule has 0 unspecified atom stereocenters. The minimum atomic E-state index is -0.224. The van der Waals surface area contributed by atoms with Gasteiger partial charge in [-0.15, -0.1) is 0 Å². The number of carbonyl (C=O) groups is 1. The van der Waals surface area contributed by atoms with Crippen molar-refractivity contribution in [3.63, 3.8) is 0 Å². The van der Waals surface area contributed by atoms with E-state index >= 15 is 0 Å². The van der Waals surface area contributed by atoms with Crippen molar-refractivity contribution in [2.75, 3.05) is 31.1 Å². The van der Waals surface area contributed by atoms with Crippen molar-refractivity contribution in [1.29, 1.82) is 0 Å². The molecule has 1 aliphatic rings. The predicted molar refractivity (Wildman–Crippen MR) is 81.1 cm³/mol. The van der Waals surface area contributed by atoms with Crippen molar-refractivity contribution in [2.45, 2.75) is 6.54 Å². The van der Waals surface area contributed by atoms with Crippen LogP contribution in [0, 0.1) is 5.82 Å². The Labute approximate surface area is 128 Å². The summed E-state index contributed by atoms with van der Waals surface area (Å²) in [5.74, 6) is 0.497. The van der Waals surface area contributed by atoms with E-state index in [2.05, 4.69) is 5.32 Å². The van der Waals surface area contributed by atoms with Crippen LogP contribution >= 0.6 is 0 Å². The second-order valence-electron chi connectivity index (χ2n) is 5.16. The molecule has 1 aromatic heterocycles. The van der Waals surface area contributed by atoms with Gasteiger partial charge in [-0.05, 0) is 24.3 Å². The first-order valence-corrected chi connectivity index (χ1v) is 7.28. The molecule has 0 saturated carbocycles. The van der Waals surface area contributed by atoms with Gasteiger partial charge in [-0.1, -0.05) is 12.1 Å². The maximum absolute atomic E-state index is 13.8. The first-order chi connectivity index (χ1) is 10.7. The fourth-order valence-electron chi connectivity index (χ4n) is 2.55. The molecule has 2 heterocycles. The summed E-state index contributed by atoms with van der Waals surface area (Å²) in [6.07, 6.45) is 1.58. The maximum Gasteiger partial charge on any atom is 0.317 e. The van der Waals surface area contributed by atoms with Crippen LogP contribution in [-0.4, -0.2) is 37.1 Å². The molecule has 116 valence electrons. The monoisotopic (exact) mass is 303 g/mol. The Morgan fingerprint density at radius 3 is 2.59 bits per heavy atom. The van der Waals surface area contributed by atoms with Crippen molar-refractivity contribution >= 4 is 11.7 Å². The lowest BCUT2D eigenvalue weighted by atomic mass is 10.2. The lowest BCUT2D eigenvalue weighted by Crippen LogP contribution is -2.51. The standard InChI is InChI=1S/C16H18FN3O2/c17-14-5-1-2-6-15(14)19-7-9-20(10-8-19)16(21)18-12-13-4-3-11-22-13/h1-6,11H,7-10,12H2,(H,18,21). The number of hydrogen-bond donors (Lipinski definition) is 1. The third-order valence-electron chi connectivity index (χ3n) is 3.75. The van der Waals surface area contributed by atoms with Crippen LogP contribution in [0.5, 0.6) is 0 Å². The largest absolute Gasteiger partial charge is 0.467 e. The number of piperazine rings is 1. The Balaban J connectivity index is 1.51. The lowest BCUT2D eigenvalue weighted by molar-refractivity contribution is 0.193. The molecule has 0 bridgehead atoms. The number of para-hydroxylation sites is 1. The lowest BCUT2D eigenvalue weighted by Gasteiger charge is -2.36. The molecule has 6 heteroatoms. The molecule has 22 heavy (non-hydrogen) atoms. The molecule has 0 radical (unpaired) electrons. The van der Waals surface area contributed by atoms with Crippen molar-refractivity contribution in [1.82, 2.24) is 10.2 Å². The number of nitrogens with zero attached hydrogens (tertiary/aromatic N) is 2. The predicted octanol–water partition coefficient (Wildman–Crippen LogP) is 2.45. The summed E-state index contributed by atoms with van der Waals surface area (Å²) < 4.78 is 18.9. The van der Waals surface area contributed by atoms with Crippen molar-refractivity contribution in [3.05, 3.63) is 54.2 Å². The molecular weight excluding hydrogens is 285 g/mol. The highest BCUT2D eigenvalue weighted by molar-refractivity contribution is 5.74. The zero-order chi connectivity index (χ0) is 15.4. The number of carbonyl (C=O) groups excluding carboxylic acids is 1. The van der Waals surface area contributed by atoms with Gasteiger partial charge in [-0.25, -0.2) is 9.18 Å². The number of benzene rings is 1. The van der Waals surface area contributed by atoms with Gasteiger partial charge >= 0.3 is 6.03 Å². The topological polar surface area (TPSA) is 48.7 Å². The Morgan fingerprint density at radius 1 is 1.14 bits per heavy atom. The van der Waals surface area contributed by atoms with E-state index in [4.69, 9.17) is 4.42 Å². The molecule has 0 spiro atoms. The molecule has 5 nitrogen and oxygen atoms in total. The van der Waals surface area contributed by atoms with Gasteiger partial charge in [-0.2, -0.15) is 0 Å². The van der Waals surface area contributed by atoms with Gasteiger partial charge in [0.1, 0.15) is 11.6 Å². The normalized spacial score (nSPS) is 15.0. The molecule has 1 N–H and O–H groups in total. The van der Waals surface area contributed by atoms with Crippen molar-refractivity contribution in [3.8, 4) is 0 Å². The summed E-state index contributed by atoms with van der Waals surface area (Å²) in [7, 11) is 0. The minimum absolute atomic E-state index is 0.121. The van der Waals surface area contributed by atoms with E-state index in [1.807, 2.05) is 17.0 Å². The summed E-state index contributed by atoms with van der Waals surface area (Å²) in [5, 5.41) is 2.82. The zero-order valence-corrected chi connectivity index (χ0v) is 12.2. The van der Waals surface area contributed by atoms with Crippen LogP contribution in [0.4, 0.5) is 14.9 Å². The average Bonchev–Trinajstić information content (AvgIpc) is 3.07. The first kappa shape index (κ1) is 14.4. The Morgan fingerprint density at radius 2 is 1.91 bits per heavy atom.